The highest BCUT2D eigenvalue weighted by Gasteiger charge is 2.25. The SMILES string of the molecule is Cc1[nH]c2ccccc2c1C(N)C(CN)C(C)C. The van der Waals surface area contributed by atoms with Crippen molar-refractivity contribution >= 4 is 10.9 Å². The third-order valence-corrected chi connectivity index (χ3v) is 3.87. The average Bonchev–Trinajstić information content (AvgIpc) is 2.64. The van der Waals surface area contributed by atoms with Crippen LogP contribution in [-0.4, -0.2) is 11.5 Å². The molecular formula is C15H23N3. The molecule has 2 aromatic rings. The third-order valence-electron chi connectivity index (χ3n) is 3.87. The van der Waals surface area contributed by atoms with Gasteiger partial charge in [0.15, 0.2) is 0 Å². The predicted molar refractivity (Wildman–Crippen MR) is 77.3 cm³/mol. The maximum atomic E-state index is 6.46. The number of nitrogens with one attached hydrogen (secondary N) is 1. The Labute approximate surface area is 109 Å². The van der Waals surface area contributed by atoms with Crippen LogP contribution in [-0.2, 0) is 0 Å². The monoisotopic (exact) mass is 245 g/mol. The average molecular weight is 245 g/mol. The molecule has 3 nitrogen and oxygen atoms in total. The van der Waals surface area contributed by atoms with Crippen molar-refractivity contribution in [2.24, 2.45) is 23.3 Å². The molecule has 1 aromatic heterocycles. The molecular weight excluding hydrogens is 222 g/mol. The number of benzene rings is 1. The van der Waals surface area contributed by atoms with Crippen LogP contribution < -0.4 is 11.5 Å². The second-order valence-electron chi connectivity index (χ2n) is 5.38. The third kappa shape index (κ3) is 2.16. The minimum atomic E-state index is -0.00819. The first-order chi connectivity index (χ1) is 8.56. The van der Waals surface area contributed by atoms with Crippen molar-refractivity contribution in [2.45, 2.75) is 26.8 Å². The first kappa shape index (κ1) is 13.1. The van der Waals surface area contributed by atoms with Crippen molar-refractivity contribution in [3.8, 4) is 0 Å². The fourth-order valence-electron chi connectivity index (χ4n) is 2.78. The zero-order chi connectivity index (χ0) is 13.3. The fraction of sp³-hybridized carbons (Fsp3) is 0.467. The lowest BCUT2D eigenvalue weighted by Gasteiger charge is -2.26. The van der Waals surface area contributed by atoms with Gasteiger partial charge in [-0.25, -0.2) is 0 Å². The number of nitrogens with two attached hydrogens (primary N) is 2. The lowest BCUT2D eigenvalue weighted by atomic mass is 9.84. The molecule has 1 heterocycles. The smallest absolute Gasteiger partial charge is 0.0459 e. The molecule has 0 bridgehead atoms. The lowest BCUT2D eigenvalue weighted by Crippen LogP contribution is -2.32. The Morgan fingerprint density at radius 2 is 1.89 bits per heavy atom. The minimum Gasteiger partial charge on any atom is -0.358 e. The number of H-pyrrole nitrogens is 1. The van der Waals surface area contributed by atoms with Gasteiger partial charge in [0, 0.05) is 22.6 Å². The molecule has 2 unspecified atom stereocenters. The van der Waals surface area contributed by atoms with Gasteiger partial charge in [0.1, 0.15) is 0 Å². The van der Waals surface area contributed by atoms with Crippen LogP contribution in [0.2, 0.25) is 0 Å². The normalized spacial score (nSPS) is 15.2. The van der Waals surface area contributed by atoms with E-state index in [-0.39, 0.29) is 6.04 Å². The molecule has 0 saturated carbocycles. The maximum Gasteiger partial charge on any atom is 0.0459 e. The zero-order valence-corrected chi connectivity index (χ0v) is 11.4. The summed E-state index contributed by atoms with van der Waals surface area (Å²) in [5, 5.41) is 1.22. The van der Waals surface area contributed by atoms with E-state index in [0.717, 1.165) is 11.2 Å². The molecule has 98 valence electrons. The highest BCUT2D eigenvalue weighted by atomic mass is 14.8. The molecule has 0 aliphatic carbocycles. The number of hydrogen-bond donors (Lipinski definition) is 3. The largest absolute Gasteiger partial charge is 0.358 e. The molecule has 5 N–H and O–H groups in total. The van der Waals surface area contributed by atoms with E-state index in [9.17, 15) is 0 Å². The van der Waals surface area contributed by atoms with Crippen molar-refractivity contribution in [2.75, 3.05) is 6.54 Å². The highest BCUT2D eigenvalue weighted by molar-refractivity contribution is 5.85. The molecule has 18 heavy (non-hydrogen) atoms. The van der Waals surface area contributed by atoms with E-state index in [1.165, 1.54) is 10.9 Å². The number of aryl methyl sites for hydroxylation is 1. The summed E-state index contributed by atoms with van der Waals surface area (Å²) in [5.74, 6) is 0.793. The molecule has 3 heteroatoms. The number of aromatic amines is 1. The molecule has 0 aliphatic heterocycles. The van der Waals surface area contributed by atoms with Gasteiger partial charge in [-0.1, -0.05) is 32.0 Å². The van der Waals surface area contributed by atoms with E-state index >= 15 is 0 Å². The van der Waals surface area contributed by atoms with E-state index in [4.69, 9.17) is 11.5 Å². The summed E-state index contributed by atoms with van der Waals surface area (Å²) in [6.45, 7) is 7.07. The van der Waals surface area contributed by atoms with Crippen LogP contribution >= 0.6 is 0 Å². The molecule has 0 radical (unpaired) electrons. The molecule has 2 atom stereocenters. The van der Waals surface area contributed by atoms with Crippen LogP contribution in [0.4, 0.5) is 0 Å². The number of rotatable bonds is 4. The van der Waals surface area contributed by atoms with E-state index in [0.29, 0.717) is 18.4 Å². The Kier molecular flexibility index (Phi) is 3.73. The van der Waals surface area contributed by atoms with Gasteiger partial charge in [-0.3, -0.25) is 0 Å². The summed E-state index contributed by atoms with van der Waals surface area (Å²) in [4.78, 5) is 3.41. The van der Waals surface area contributed by atoms with Crippen LogP contribution in [0, 0.1) is 18.8 Å². The maximum absolute atomic E-state index is 6.46. The van der Waals surface area contributed by atoms with Crippen LogP contribution in [0.1, 0.15) is 31.1 Å². The standard InChI is InChI=1S/C15H23N3/c1-9(2)12(8-16)15(17)14-10(3)18-13-7-5-4-6-11(13)14/h4-7,9,12,15,18H,8,16-17H2,1-3H3. The van der Waals surface area contributed by atoms with Crippen LogP contribution in [0.25, 0.3) is 10.9 Å². The number of fused-ring (bicyclic) bond motifs is 1. The fourth-order valence-corrected chi connectivity index (χ4v) is 2.78. The molecule has 0 spiro atoms. The molecule has 0 aliphatic rings. The van der Waals surface area contributed by atoms with Crippen LogP contribution in [0.3, 0.4) is 0 Å². The van der Waals surface area contributed by atoms with Crippen molar-refractivity contribution in [1.82, 2.24) is 4.98 Å². The van der Waals surface area contributed by atoms with Gasteiger partial charge in [-0.2, -0.15) is 0 Å². The van der Waals surface area contributed by atoms with Crippen molar-refractivity contribution < 1.29 is 0 Å². The second-order valence-corrected chi connectivity index (χ2v) is 5.38. The number of hydrogen-bond acceptors (Lipinski definition) is 2. The Morgan fingerprint density at radius 1 is 1.22 bits per heavy atom. The van der Waals surface area contributed by atoms with Crippen molar-refractivity contribution in [3.63, 3.8) is 0 Å². The van der Waals surface area contributed by atoms with Gasteiger partial charge in [-0.15, -0.1) is 0 Å². The summed E-state index contributed by atoms with van der Waals surface area (Å²) in [6.07, 6.45) is 0. The minimum absolute atomic E-state index is 0.00819. The number of para-hydroxylation sites is 1. The molecule has 0 saturated heterocycles. The van der Waals surface area contributed by atoms with Crippen molar-refractivity contribution in [3.05, 3.63) is 35.5 Å². The van der Waals surface area contributed by atoms with Crippen LogP contribution in [0.15, 0.2) is 24.3 Å². The molecule has 1 aromatic carbocycles. The summed E-state index contributed by atoms with van der Waals surface area (Å²) >= 11 is 0. The summed E-state index contributed by atoms with van der Waals surface area (Å²) in [6, 6.07) is 8.30. The summed E-state index contributed by atoms with van der Waals surface area (Å²) in [7, 11) is 0. The highest BCUT2D eigenvalue weighted by Crippen LogP contribution is 2.32. The first-order valence-corrected chi connectivity index (χ1v) is 6.59. The second kappa shape index (κ2) is 5.12. The Morgan fingerprint density at radius 3 is 2.50 bits per heavy atom. The first-order valence-electron chi connectivity index (χ1n) is 6.59. The molecule has 0 fully saturated rings. The van der Waals surface area contributed by atoms with Gasteiger partial charge >= 0.3 is 0 Å². The van der Waals surface area contributed by atoms with Gasteiger partial charge in [0.05, 0.1) is 0 Å². The lowest BCUT2D eigenvalue weighted by molar-refractivity contribution is 0.332. The zero-order valence-electron chi connectivity index (χ0n) is 11.4. The Balaban J connectivity index is 2.49. The Hall–Kier alpha value is -1.32. The van der Waals surface area contributed by atoms with Gasteiger partial charge in [0.2, 0.25) is 0 Å². The molecule has 2 rings (SSSR count). The predicted octanol–water partition coefficient (Wildman–Crippen LogP) is 2.71. The van der Waals surface area contributed by atoms with E-state index in [1.54, 1.807) is 0 Å². The van der Waals surface area contributed by atoms with Crippen molar-refractivity contribution in [1.29, 1.82) is 0 Å². The van der Waals surface area contributed by atoms with E-state index in [1.807, 2.05) is 6.07 Å². The van der Waals surface area contributed by atoms with E-state index in [2.05, 4.69) is 44.0 Å². The van der Waals surface area contributed by atoms with Gasteiger partial charge in [0.25, 0.3) is 0 Å². The van der Waals surface area contributed by atoms with Crippen LogP contribution in [0.5, 0.6) is 0 Å². The Bertz CT molecular complexity index is 528. The quantitative estimate of drug-likeness (QED) is 0.775. The van der Waals surface area contributed by atoms with E-state index < -0.39 is 0 Å². The topological polar surface area (TPSA) is 67.8 Å². The summed E-state index contributed by atoms with van der Waals surface area (Å²) < 4.78 is 0. The van der Waals surface area contributed by atoms with Gasteiger partial charge in [-0.05, 0) is 36.9 Å². The molecule has 0 amide bonds. The van der Waals surface area contributed by atoms with Gasteiger partial charge < -0.3 is 16.5 Å². The summed E-state index contributed by atoms with van der Waals surface area (Å²) in [5.41, 5.74) is 15.9. The number of aromatic nitrogens is 1.